The van der Waals surface area contributed by atoms with Gasteiger partial charge in [0.2, 0.25) is 0 Å². The Balaban J connectivity index is 1.45. The zero-order chi connectivity index (χ0) is 24.2. The van der Waals surface area contributed by atoms with Crippen molar-refractivity contribution in [3.8, 4) is 11.8 Å². The van der Waals surface area contributed by atoms with E-state index in [1.165, 1.54) is 6.07 Å². The van der Waals surface area contributed by atoms with E-state index >= 15 is 0 Å². The zero-order valence-electron chi connectivity index (χ0n) is 17.9. The van der Waals surface area contributed by atoms with E-state index in [9.17, 15) is 19.7 Å². The monoisotopic (exact) mass is 455 g/mol. The number of hydrogen-bond acceptors (Lipinski definition) is 7. The van der Waals surface area contributed by atoms with Crippen LogP contribution < -0.4 is 5.32 Å². The second kappa shape index (κ2) is 9.22. The number of esters is 1. The topological polar surface area (TPSA) is 140 Å². The largest absolute Gasteiger partial charge is 0.452 e. The molecule has 3 aromatic carbocycles. The van der Waals surface area contributed by atoms with Crippen LogP contribution in [-0.4, -0.2) is 33.0 Å². The first-order valence-corrected chi connectivity index (χ1v) is 10.1. The van der Waals surface area contributed by atoms with Crippen molar-refractivity contribution in [1.82, 2.24) is 9.55 Å². The minimum atomic E-state index is -0.715. The molecule has 0 saturated carbocycles. The Labute approximate surface area is 193 Å². The quantitative estimate of drug-likeness (QED) is 0.264. The van der Waals surface area contributed by atoms with Gasteiger partial charge in [-0.1, -0.05) is 18.2 Å². The number of rotatable bonds is 6. The first-order valence-electron chi connectivity index (χ1n) is 10.1. The van der Waals surface area contributed by atoms with Gasteiger partial charge in [0, 0.05) is 17.8 Å². The lowest BCUT2D eigenvalue weighted by atomic mass is 10.1. The number of nitriles is 1. The number of anilines is 1. The lowest BCUT2D eigenvalue weighted by Gasteiger charge is -2.08. The second-order valence-electron chi connectivity index (χ2n) is 7.26. The van der Waals surface area contributed by atoms with Crippen molar-refractivity contribution < 1.29 is 19.2 Å². The number of benzene rings is 3. The number of nitro benzene ring substituents is 1. The molecule has 168 valence electrons. The van der Waals surface area contributed by atoms with Crippen LogP contribution in [0.25, 0.3) is 16.7 Å². The van der Waals surface area contributed by atoms with E-state index in [2.05, 4.69) is 10.3 Å². The number of carbonyl (C=O) groups is 2. The second-order valence-corrected chi connectivity index (χ2v) is 7.26. The standard InChI is InChI=1S/C24H17N5O5/c1-15-26-21-12-16(7-10-22(21)28(15)18-5-3-2-4-6-18)24(31)34-14-23(30)27-20-9-8-19(29(32)33)11-17(20)13-25/h2-12H,14H2,1H3,(H,27,30). The fraction of sp³-hybridized carbons (Fsp3) is 0.0833. The number of aryl methyl sites for hydroxylation is 1. The van der Waals surface area contributed by atoms with Crippen molar-refractivity contribution in [2.75, 3.05) is 11.9 Å². The number of ether oxygens (including phenoxy) is 1. The van der Waals surface area contributed by atoms with Gasteiger partial charge in [-0.2, -0.15) is 5.26 Å². The van der Waals surface area contributed by atoms with Gasteiger partial charge in [-0.05, 0) is 43.3 Å². The molecule has 0 aliphatic heterocycles. The molecule has 1 heterocycles. The third-order valence-corrected chi connectivity index (χ3v) is 5.02. The van der Waals surface area contributed by atoms with Gasteiger partial charge >= 0.3 is 5.97 Å². The predicted molar refractivity (Wildman–Crippen MR) is 123 cm³/mol. The number of non-ortho nitro benzene ring substituents is 1. The summed E-state index contributed by atoms with van der Waals surface area (Å²) in [6, 6.07) is 19.9. The minimum absolute atomic E-state index is 0.0799. The lowest BCUT2D eigenvalue weighted by molar-refractivity contribution is -0.384. The van der Waals surface area contributed by atoms with Gasteiger partial charge < -0.3 is 10.1 Å². The molecule has 0 spiro atoms. The predicted octanol–water partition coefficient (Wildman–Crippen LogP) is 3.91. The van der Waals surface area contributed by atoms with Crippen molar-refractivity contribution in [2.24, 2.45) is 0 Å². The fourth-order valence-electron chi connectivity index (χ4n) is 3.48. The maximum absolute atomic E-state index is 12.5. The molecule has 1 aromatic heterocycles. The van der Waals surface area contributed by atoms with E-state index in [0.717, 1.165) is 29.2 Å². The Bertz CT molecular complexity index is 1470. The Hall–Kier alpha value is -5.04. The number of hydrogen-bond donors (Lipinski definition) is 1. The molecule has 0 radical (unpaired) electrons. The number of nitrogens with one attached hydrogen (secondary N) is 1. The van der Waals surface area contributed by atoms with Crippen LogP contribution in [0.3, 0.4) is 0 Å². The van der Waals surface area contributed by atoms with Crippen LogP contribution in [0.5, 0.6) is 0 Å². The highest BCUT2D eigenvalue weighted by Crippen LogP contribution is 2.23. The number of nitro groups is 1. The molecule has 1 N–H and O–H groups in total. The number of aromatic nitrogens is 2. The summed E-state index contributed by atoms with van der Waals surface area (Å²) < 4.78 is 7.06. The molecule has 0 fully saturated rings. The van der Waals surface area contributed by atoms with Crippen molar-refractivity contribution in [3.05, 3.63) is 93.8 Å². The van der Waals surface area contributed by atoms with Crippen LogP contribution in [0.4, 0.5) is 11.4 Å². The molecule has 34 heavy (non-hydrogen) atoms. The average Bonchev–Trinajstić information content (AvgIpc) is 3.17. The lowest BCUT2D eigenvalue weighted by Crippen LogP contribution is -2.21. The Morgan fingerprint density at radius 2 is 1.91 bits per heavy atom. The van der Waals surface area contributed by atoms with E-state index in [1.807, 2.05) is 41.8 Å². The molecule has 0 unspecified atom stereocenters. The van der Waals surface area contributed by atoms with E-state index in [4.69, 9.17) is 10.00 Å². The smallest absolute Gasteiger partial charge is 0.338 e. The molecule has 0 aliphatic rings. The average molecular weight is 455 g/mol. The highest BCUT2D eigenvalue weighted by molar-refractivity contribution is 5.98. The summed E-state index contributed by atoms with van der Waals surface area (Å²) in [4.78, 5) is 39.4. The van der Waals surface area contributed by atoms with Gasteiger partial charge in [-0.3, -0.25) is 19.5 Å². The van der Waals surface area contributed by atoms with Gasteiger partial charge in [-0.25, -0.2) is 9.78 Å². The van der Waals surface area contributed by atoms with E-state index in [-0.39, 0.29) is 22.5 Å². The van der Waals surface area contributed by atoms with Gasteiger partial charge in [-0.15, -0.1) is 0 Å². The molecule has 1 amide bonds. The first-order chi connectivity index (χ1) is 16.4. The SMILES string of the molecule is Cc1nc2cc(C(=O)OCC(=O)Nc3ccc([N+](=O)[O-])cc3C#N)ccc2n1-c1ccccc1. The summed E-state index contributed by atoms with van der Waals surface area (Å²) in [5.74, 6) is -0.653. The third kappa shape index (κ3) is 4.44. The van der Waals surface area contributed by atoms with Gasteiger partial charge in [0.25, 0.3) is 11.6 Å². The molecule has 0 atom stereocenters. The first kappa shape index (κ1) is 22.2. The molecule has 4 aromatic rings. The maximum Gasteiger partial charge on any atom is 0.338 e. The van der Waals surface area contributed by atoms with Gasteiger partial charge in [0.15, 0.2) is 6.61 Å². The summed E-state index contributed by atoms with van der Waals surface area (Å²) in [7, 11) is 0. The number of imidazole rings is 1. The molecule has 0 aliphatic carbocycles. The van der Waals surface area contributed by atoms with Crippen molar-refractivity contribution in [3.63, 3.8) is 0 Å². The Kier molecular flexibility index (Phi) is 6.01. The number of fused-ring (bicyclic) bond motifs is 1. The van der Waals surface area contributed by atoms with Gasteiger partial charge in [0.05, 0.1) is 32.8 Å². The Morgan fingerprint density at radius 1 is 1.15 bits per heavy atom. The molecule has 0 saturated heterocycles. The van der Waals surface area contributed by atoms with Crippen molar-refractivity contribution >= 4 is 34.3 Å². The molecule has 0 bridgehead atoms. The summed E-state index contributed by atoms with van der Waals surface area (Å²) in [5.41, 5.74) is 2.32. The van der Waals surface area contributed by atoms with Crippen LogP contribution in [0.2, 0.25) is 0 Å². The molecular weight excluding hydrogens is 438 g/mol. The molecule has 10 heteroatoms. The van der Waals surface area contributed by atoms with Crippen LogP contribution >= 0.6 is 0 Å². The van der Waals surface area contributed by atoms with Crippen molar-refractivity contribution in [2.45, 2.75) is 6.92 Å². The van der Waals surface area contributed by atoms with Crippen LogP contribution in [0, 0.1) is 28.4 Å². The van der Waals surface area contributed by atoms with E-state index in [1.54, 1.807) is 24.3 Å². The fourth-order valence-corrected chi connectivity index (χ4v) is 3.48. The number of para-hydroxylation sites is 1. The normalized spacial score (nSPS) is 10.5. The number of carbonyl (C=O) groups excluding carboxylic acids is 2. The highest BCUT2D eigenvalue weighted by Gasteiger charge is 2.16. The van der Waals surface area contributed by atoms with Crippen molar-refractivity contribution in [1.29, 1.82) is 5.26 Å². The van der Waals surface area contributed by atoms with Gasteiger partial charge in [0.1, 0.15) is 11.9 Å². The van der Waals surface area contributed by atoms with Crippen LogP contribution in [-0.2, 0) is 9.53 Å². The molecular formula is C24H17N5O5. The maximum atomic E-state index is 12.5. The summed E-state index contributed by atoms with van der Waals surface area (Å²) in [5, 5.41) is 22.4. The van der Waals surface area contributed by atoms with Crippen LogP contribution in [0.1, 0.15) is 21.7 Å². The third-order valence-electron chi connectivity index (χ3n) is 5.02. The summed E-state index contributed by atoms with van der Waals surface area (Å²) in [6.07, 6.45) is 0. The number of amides is 1. The van der Waals surface area contributed by atoms with Crippen LogP contribution in [0.15, 0.2) is 66.7 Å². The summed E-state index contributed by atoms with van der Waals surface area (Å²) in [6.45, 7) is 1.26. The molecule has 4 rings (SSSR count). The van der Waals surface area contributed by atoms with E-state index < -0.39 is 23.4 Å². The van der Waals surface area contributed by atoms with E-state index in [0.29, 0.717) is 5.52 Å². The number of nitrogens with zero attached hydrogens (tertiary/aromatic N) is 4. The highest BCUT2D eigenvalue weighted by atomic mass is 16.6. The molecule has 10 nitrogen and oxygen atoms in total. The minimum Gasteiger partial charge on any atom is -0.452 e. The summed E-state index contributed by atoms with van der Waals surface area (Å²) >= 11 is 0. The zero-order valence-corrected chi connectivity index (χ0v) is 17.9. The Morgan fingerprint density at radius 3 is 2.62 bits per heavy atom.